The van der Waals surface area contributed by atoms with E-state index in [0.29, 0.717) is 57.8 Å². The van der Waals surface area contributed by atoms with Gasteiger partial charge >= 0.3 is 19.1 Å². The highest BCUT2D eigenvalue weighted by Gasteiger charge is 2.55. The third-order valence-corrected chi connectivity index (χ3v) is 12.7. The molecule has 0 N–H and O–H groups in total. The van der Waals surface area contributed by atoms with E-state index in [9.17, 15) is 57.9 Å². The predicted octanol–water partition coefficient (Wildman–Crippen LogP) is 14.9. The zero-order valence-electron chi connectivity index (χ0n) is 40.2. The number of ether oxygens (including phenoxy) is 3. The van der Waals surface area contributed by atoms with E-state index in [1.165, 1.54) is 78.9 Å². The maximum Gasteiger partial charge on any atom is 0.573 e. The maximum atomic E-state index is 14.2. The van der Waals surface area contributed by atoms with Crippen molar-refractivity contribution >= 4 is 16.6 Å². The van der Waals surface area contributed by atoms with Gasteiger partial charge in [0.2, 0.25) is 0 Å². The molecule has 11 nitrogen and oxygen atoms in total. The van der Waals surface area contributed by atoms with E-state index in [1.54, 1.807) is 66.3 Å². The van der Waals surface area contributed by atoms with Crippen LogP contribution in [0.2, 0.25) is 0 Å². The standard InChI is InChI=1S/C19H13F4N3O.C18H14F4N2O.C17H11F4N3O/c1-18(20)8-14(18)17-25-15(9-24)16-7-4-12(10-26(16)17)11-2-5-13(6-3-11)27-19(21,22)23;1-17(19)8-15(17)16-23-9-13-5-2-12(10-24(13)16)11-3-6-14(7-4-11)25-18(20,21)22;1-10(18)16-23-14(8-22)15-7-4-12(9-24(15)16)11-2-5-13(6-3-11)25-17(19,20)21/h2-7,10,14H,8H2,1H3;2-7,9-10,15H,8H2,1H3;2-7,9-10H,1H3. The molecule has 5 atom stereocenters. The minimum absolute atomic E-state index is 0.0884. The zero-order chi connectivity index (χ0) is 55.4. The van der Waals surface area contributed by atoms with Crippen molar-refractivity contribution in [2.24, 2.45) is 0 Å². The number of hydrogen-bond acceptors (Lipinski definition) is 8. The van der Waals surface area contributed by atoms with E-state index >= 15 is 0 Å². The largest absolute Gasteiger partial charge is 0.573 e. The Morgan fingerprint density at radius 1 is 0.519 bits per heavy atom. The molecule has 0 spiro atoms. The van der Waals surface area contributed by atoms with E-state index in [2.05, 4.69) is 29.2 Å². The molecule has 5 unspecified atom stereocenters. The van der Waals surface area contributed by atoms with Crippen LogP contribution in [0.5, 0.6) is 17.2 Å². The number of pyridine rings is 3. The summed E-state index contributed by atoms with van der Waals surface area (Å²) in [7, 11) is 0. The molecule has 0 aliphatic heterocycles. The lowest BCUT2D eigenvalue weighted by Gasteiger charge is -2.10. The van der Waals surface area contributed by atoms with Gasteiger partial charge in [0.15, 0.2) is 17.6 Å². The van der Waals surface area contributed by atoms with Crippen molar-refractivity contribution in [2.45, 2.75) is 82.0 Å². The van der Waals surface area contributed by atoms with Gasteiger partial charge in [-0.05, 0) is 122 Å². The molecular formula is C54H38F12N8O3. The van der Waals surface area contributed by atoms with Crippen molar-refractivity contribution in [3.8, 4) is 62.8 Å². The first-order valence-corrected chi connectivity index (χ1v) is 23.1. The van der Waals surface area contributed by atoms with Crippen LogP contribution in [0, 0.1) is 22.7 Å². The van der Waals surface area contributed by atoms with Crippen molar-refractivity contribution in [3.63, 3.8) is 0 Å². The number of nitriles is 2. The van der Waals surface area contributed by atoms with Crippen LogP contribution in [0.3, 0.4) is 0 Å². The number of imidazole rings is 3. The van der Waals surface area contributed by atoms with Crippen molar-refractivity contribution in [3.05, 3.63) is 163 Å². The highest BCUT2D eigenvalue weighted by atomic mass is 19.4. The summed E-state index contributed by atoms with van der Waals surface area (Å²) >= 11 is 0. The zero-order valence-corrected chi connectivity index (χ0v) is 40.2. The summed E-state index contributed by atoms with van der Waals surface area (Å²) in [5, 5.41) is 18.4. The SMILES string of the molecule is CC(F)c1nc(C#N)c2ccc(-c3ccc(OC(F)(F)F)cc3)cn12.CC1(F)CC1c1nc(C#N)c2ccc(-c3ccc(OC(F)(F)F)cc3)cn12.CC1(F)CC1c1ncc2ccc(-c3ccc(OC(F)(F)F)cc3)cn12. The number of halogens is 12. The first-order chi connectivity index (χ1) is 36.2. The maximum absolute atomic E-state index is 14.2. The third-order valence-electron chi connectivity index (χ3n) is 12.7. The Hall–Kier alpha value is -8.73. The number of hydrogen-bond donors (Lipinski definition) is 0. The molecule has 0 radical (unpaired) electrons. The number of alkyl halides is 12. The monoisotopic (exact) mass is 1070 g/mol. The van der Waals surface area contributed by atoms with E-state index in [4.69, 9.17) is 5.26 Å². The number of fused-ring (bicyclic) bond motifs is 3. The second-order valence-corrected chi connectivity index (χ2v) is 18.4. The number of rotatable bonds is 9. The van der Waals surface area contributed by atoms with Gasteiger partial charge in [-0.15, -0.1) is 39.5 Å². The quantitative estimate of drug-likeness (QED) is 0.131. The fraction of sp³-hybridized carbons (Fsp3) is 0.241. The fourth-order valence-electron chi connectivity index (χ4n) is 8.64. The van der Waals surface area contributed by atoms with Crippen LogP contribution in [0.15, 0.2) is 134 Å². The molecule has 11 rings (SSSR count). The Morgan fingerprint density at radius 2 is 0.870 bits per heavy atom. The van der Waals surface area contributed by atoms with Gasteiger partial charge in [0.25, 0.3) is 0 Å². The summed E-state index contributed by atoms with van der Waals surface area (Å²) in [5.74, 6) is -0.294. The summed E-state index contributed by atoms with van der Waals surface area (Å²) in [6.07, 6.45) is -7.99. The van der Waals surface area contributed by atoms with Crippen LogP contribution in [0.1, 0.15) is 80.5 Å². The molecule has 2 aliphatic rings. The average molecular weight is 1070 g/mol. The van der Waals surface area contributed by atoms with Crippen LogP contribution >= 0.6 is 0 Å². The molecule has 0 saturated heterocycles. The van der Waals surface area contributed by atoms with Gasteiger partial charge in [0.05, 0.1) is 34.6 Å². The molecule has 6 heterocycles. The molecule has 396 valence electrons. The van der Waals surface area contributed by atoms with Gasteiger partial charge in [-0.1, -0.05) is 54.6 Å². The van der Waals surface area contributed by atoms with Crippen LogP contribution in [-0.2, 0) is 0 Å². The van der Waals surface area contributed by atoms with Crippen molar-refractivity contribution < 1.29 is 66.9 Å². The number of benzene rings is 3. The molecule has 3 aromatic carbocycles. The Kier molecular flexibility index (Phi) is 13.6. The van der Waals surface area contributed by atoms with Crippen LogP contribution in [0.4, 0.5) is 52.7 Å². The number of aromatic nitrogens is 6. The Balaban J connectivity index is 0.000000141. The minimum Gasteiger partial charge on any atom is -0.406 e. The summed E-state index contributed by atoms with van der Waals surface area (Å²) in [5.41, 5.74) is 3.76. The van der Waals surface area contributed by atoms with Gasteiger partial charge in [-0.25, -0.2) is 28.1 Å². The van der Waals surface area contributed by atoms with Gasteiger partial charge < -0.3 is 23.0 Å². The van der Waals surface area contributed by atoms with E-state index in [0.717, 1.165) is 16.6 Å². The normalized spacial score (nSPS) is 19.3. The molecule has 0 amide bonds. The molecule has 2 fully saturated rings. The first-order valence-electron chi connectivity index (χ1n) is 23.1. The third kappa shape index (κ3) is 12.0. The molecule has 77 heavy (non-hydrogen) atoms. The molecule has 2 aliphatic carbocycles. The van der Waals surface area contributed by atoms with Crippen molar-refractivity contribution in [2.75, 3.05) is 0 Å². The smallest absolute Gasteiger partial charge is 0.406 e. The molecule has 9 aromatic rings. The fourth-order valence-corrected chi connectivity index (χ4v) is 8.64. The molecule has 6 aromatic heterocycles. The Labute approximate surface area is 428 Å². The van der Waals surface area contributed by atoms with Gasteiger partial charge in [-0.3, -0.25) is 4.40 Å². The summed E-state index contributed by atoms with van der Waals surface area (Å²) in [4.78, 5) is 12.6. The summed E-state index contributed by atoms with van der Waals surface area (Å²) in [6.45, 7) is 4.36. The van der Waals surface area contributed by atoms with Gasteiger partial charge in [-0.2, -0.15) is 10.5 Å². The average Bonchev–Trinajstić information content (AvgIpc) is 4.11. The second kappa shape index (κ2) is 19.8. The molecule has 2 saturated carbocycles. The summed E-state index contributed by atoms with van der Waals surface area (Å²) < 4.78 is 169. The van der Waals surface area contributed by atoms with Crippen molar-refractivity contribution in [1.82, 2.24) is 28.2 Å². The van der Waals surface area contributed by atoms with Crippen LogP contribution in [-0.4, -0.2) is 58.6 Å². The Morgan fingerprint density at radius 3 is 1.26 bits per heavy atom. The van der Waals surface area contributed by atoms with Gasteiger partial charge in [0, 0.05) is 18.6 Å². The van der Waals surface area contributed by atoms with Gasteiger partial charge in [0.1, 0.15) is 58.2 Å². The lowest BCUT2D eigenvalue weighted by atomic mass is 10.1. The van der Waals surface area contributed by atoms with Crippen LogP contribution < -0.4 is 14.2 Å². The molecule has 0 bridgehead atoms. The first kappa shape index (κ1) is 53.1. The van der Waals surface area contributed by atoms with Crippen LogP contribution in [0.25, 0.3) is 49.9 Å². The second-order valence-electron chi connectivity index (χ2n) is 18.4. The molecular weight excluding hydrogens is 1040 g/mol. The Bertz CT molecular complexity index is 3720. The lowest BCUT2D eigenvalue weighted by molar-refractivity contribution is -0.275. The van der Waals surface area contributed by atoms with E-state index < -0.39 is 36.6 Å². The molecule has 23 heteroatoms. The highest BCUT2D eigenvalue weighted by Crippen LogP contribution is 2.55. The highest BCUT2D eigenvalue weighted by molar-refractivity contribution is 5.71. The number of nitrogens with zero attached hydrogens (tertiary/aromatic N) is 8. The minimum atomic E-state index is -4.75. The summed E-state index contributed by atoms with van der Waals surface area (Å²) in [6, 6.07) is 30.8. The van der Waals surface area contributed by atoms with E-state index in [1.807, 2.05) is 34.9 Å². The van der Waals surface area contributed by atoms with E-state index in [-0.39, 0.29) is 46.3 Å². The lowest BCUT2D eigenvalue weighted by Crippen LogP contribution is -2.16. The predicted molar refractivity (Wildman–Crippen MR) is 255 cm³/mol. The topological polar surface area (TPSA) is 127 Å². The van der Waals surface area contributed by atoms with Crippen molar-refractivity contribution in [1.29, 1.82) is 10.5 Å².